The smallest absolute Gasteiger partial charge is 0.167 e. The summed E-state index contributed by atoms with van der Waals surface area (Å²) in [5.74, 6) is 3.27. The van der Waals surface area contributed by atoms with Crippen LogP contribution in [-0.2, 0) is 0 Å². The zero-order valence-corrected chi connectivity index (χ0v) is 28.5. The Bertz CT molecular complexity index is 1480. The summed E-state index contributed by atoms with van der Waals surface area (Å²) in [5.41, 5.74) is 3.92. The SMILES string of the molecule is CCCCC(CC)COc1ccc(-c2nc(-c3ccc(C)cc3C)nc(-c3ccc(OCC(CC)CCCC)cc3O)n2)c(O)c1. The highest BCUT2D eigenvalue weighted by molar-refractivity contribution is 5.73. The normalized spacial score (nSPS) is 12.6. The number of hydrogen-bond acceptors (Lipinski definition) is 7. The number of aryl methyl sites for hydroxylation is 2. The van der Waals surface area contributed by atoms with E-state index in [1.807, 2.05) is 38.1 Å². The first-order valence-electron chi connectivity index (χ1n) is 17.0. The van der Waals surface area contributed by atoms with Gasteiger partial charge in [-0.1, -0.05) is 90.0 Å². The molecule has 0 spiro atoms. The molecule has 2 atom stereocenters. The van der Waals surface area contributed by atoms with E-state index in [1.54, 1.807) is 24.3 Å². The predicted molar refractivity (Wildman–Crippen MR) is 187 cm³/mol. The molecule has 2 N–H and O–H groups in total. The van der Waals surface area contributed by atoms with E-state index < -0.39 is 0 Å². The summed E-state index contributed by atoms with van der Waals surface area (Å²) in [6.07, 6.45) is 9.05. The van der Waals surface area contributed by atoms with Gasteiger partial charge in [-0.15, -0.1) is 0 Å². The van der Waals surface area contributed by atoms with Gasteiger partial charge in [-0.2, -0.15) is 0 Å². The van der Waals surface area contributed by atoms with Crippen LogP contribution in [0.15, 0.2) is 54.6 Å². The van der Waals surface area contributed by atoms with Crippen molar-refractivity contribution in [2.75, 3.05) is 13.2 Å². The molecule has 0 aliphatic heterocycles. The average molecular weight is 626 g/mol. The van der Waals surface area contributed by atoms with E-state index in [2.05, 4.69) is 33.8 Å². The number of aromatic hydroxyl groups is 2. The summed E-state index contributed by atoms with van der Waals surface area (Å²) in [6, 6.07) is 16.6. The molecule has 2 unspecified atom stereocenters. The Kier molecular flexibility index (Phi) is 12.8. The highest BCUT2D eigenvalue weighted by Crippen LogP contribution is 2.36. The Hall–Kier alpha value is -4.13. The second-order valence-corrected chi connectivity index (χ2v) is 12.4. The molecule has 0 saturated carbocycles. The van der Waals surface area contributed by atoms with Gasteiger partial charge in [-0.25, -0.2) is 15.0 Å². The maximum atomic E-state index is 11.1. The lowest BCUT2D eigenvalue weighted by Gasteiger charge is -2.17. The van der Waals surface area contributed by atoms with Gasteiger partial charge in [0.05, 0.1) is 24.3 Å². The lowest BCUT2D eigenvalue weighted by atomic mass is 10.0. The molecule has 46 heavy (non-hydrogen) atoms. The molecule has 1 aromatic heterocycles. The molecular weight excluding hydrogens is 574 g/mol. The van der Waals surface area contributed by atoms with Crippen molar-refractivity contribution in [3.8, 4) is 57.2 Å². The third-order valence-electron chi connectivity index (χ3n) is 8.74. The fourth-order valence-corrected chi connectivity index (χ4v) is 5.61. The highest BCUT2D eigenvalue weighted by atomic mass is 16.5. The van der Waals surface area contributed by atoms with E-state index in [9.17, 15) is 10.2 Å². The first-order valence-corrected chi connectivity index (χ1v) is 17.0. The topological polar surface area (TPSA) is 97.6 Å². The molecule has 0 aliphatic rings. The number of rotatable bonds is 17. The summed E-state index contributed by atoms with van der Waals surface area (Å²) in [7, 11) is 0. The van der Waals surface area contributed by atoms with Crippen molar-refractivity contribution in [1.29, 1.82) is 0 Å². The number of ether oxygens (including phenoxy) is 2. The minimum atomic E-state index is 0.0179. The first kappa shape index (κ1) is 34.7. The minimum Gasteiger partial charge on any atom is -0.507 e. The fraction of sp³-hybridized carbons (Fsp3) is 0.462. The van der Waals surface area contributed by atoms with Gasteiger partial charge in [-0.05, 0) is 68.4 Å². The van der Waals surface area contributed by atoms with Crippen LogP contribution in [-0.4, -0.2) is 38.4 Å². The van der Waals surface area contributed by atoms with Crippen LogP contribution in [0.5, 0.6) is 23.0 Å². The molecule has 0 radical (unpaired) electrons. The minimum absolute atomic E-state index is 0.0179. The summed E-state index contributed by atoms with van der Waals surface area (Å²) < 4.78 is 12.1. The molecule has 246 valence electrons. The van der Waals surface area contributed by atoms with Crippen LogP contribution in [0, 0.1) is 25.7 Å². The molecule has 0 saturated heterocycles. The quantitative estimate of drug-likeness (QED) is 0.120. The second kappa shape index (κ2) is 17.0. The Morgan fingerprint density at radius 1 is 0.587 bits per heavy atom. The maximum Gasteiger partial charge on any atom is 0.167 e. The van der Waals surface area contributed by atoms with E-state index in [0.29, 0.717) is 65.1 Å². The van der Waals surface area contributed by atoms with Crippen LogP contribution in [0.2, 0.25) is 0 Å². The molecule has 7 heteroatoms. The van der Waals surface area contributed by atoms with E-state index in [1.165, 1.54) is 12.8 Å². The van der Waals surface area contributed by atoms with E-state index in [0.717, 1.165) is 55.2 Å². The zero-order chi connectivity index (χ0) is 33.1. The summed E-state index contributed by atoms with van der Waals surface area (Å²) in [6.45, 7) is 14.1. The van der Waals surface area contributed by atoms with Gasteiger partial charge in [0.2, 0.25) is 0 Å². The first-order chi connectivity index (χ1) is 22.3. The van der Waals surface area contributed by atoms with Gasteiger partial charge in [0.15, 0.2) is 17.5 Å². The van der Waals surface area contributed by atoms with Crippen LogP contribution in [0.4, 0.5) is 0 Å². The van der Waals surface area contributed by atoms with Gasteiger partial charge < -0.3 is 19.7 Å². The number of hydrogen-bond donors (Lipinski definition) is 2. The Morgan fingerprint density at radius 3 is 1.41 bits per heavy atom. The number of unbranched alkanes of at least 4 members (excludes halogenated alkanes) is 2. The maximum absolute atomic E-state index is 11.1. The van der Waals surface area contributed by atoms with Crippen molar-refractivity contribution in [3.05, 3.63) is 65.7 Å². The molecule has 0 aliphatic carbocycles. The molecular formula is C39H51N3O4. The van der Waals surface area contributed by atoms with Crippen LogP contribution in [0.25, 0.3) is 34.2 Å². The fourth-order valence-electron chi connectivity index (χ4n) is 5.61. The zero-order valence-electron chi connectivity index (χ0n) is 28.5. The third-order valence-corrected chi connectivity index (χ3v) is 8.74. The van der Waals surface area contributed by atoms with E-state index >= 15 is 0 Å². The van der Waals surface area contributed by atoms with Gasteiger partial charge in [0.1, 0.15) is 23.0 Å². The molecule has 4 aromatic rings. The van der Waals surface area contributed by atoms with Crippen LogP contribution >= 0.6 is 0 Å². The van der Waals surface area contributed by atoms with Crippen LogP contribution in [0.3, 0.4) is 0 Å². The third kappa shape index (κ3) is 9.21. The Morgan fingerprint density at radius 2 is 1.02 bits per heavy atom. The number of phenolic OH excluding ortho intramolecular Hbond substituents is 2. The Balaban J connectivity index is 1.67. The van der Waals surface area contributed by atoms with Crippen molar-refractivity contribution in [2.24, 2.45) is 11.8 Å². The number of benzene rings is 3. The summed E-state index contributed by atoms with van der Waals surface area (Å²) in [4.78, 5) is 14.4. The van der Waals surface area contributed by atoms with Gasteiger partial charge >= 0.3 is 0 Å². The molecule has 3 aromatic carbocycles. The lowest BCUT2D eigenvalue weighted by Crippen LogP contribution is -2.11. The monoisotopic (exact) mass is 625 g/mol. The van der Waals surface area contributed by atoms with Gasteiger partial charge in [-0.3, -0.25) is 0 Å². The van der Waals surface area contributed by atoms with Crippen molar-refractivity contribution in [1.82, 2.24) is 15.0 Å². The standard InChI is InChI=1S/C39H51N3O4/c1-7-11-13-28(9-3)24-45-30-16-19-33(35(43)22-30)38-40-37(32-18-15-26(5)21-27(32)6)41-39(42-38)34-20-17-31(23-36(34)44)46-25-29(10-4)14-12-8-2/h15-23,28-29,43-44H,7-14,24-25H2,1-6H3. The predicted octanol–water partition coefficient (Wildman–Crippen LogP) is 10.1. The second-order valence-electron chi connectivity index (χ2n) is 12.4. The van der Waals surface area contributed by atoms with E-state index in [4.69, 9.17) is 24.4 Å². The Labute approximate surface area is 275 Å². The average Bonchev–Trinajstić information content (AvgIpc) is 3.05. The van der Waals surface area contributed by atoms with Crippen LogP contribution in [0.1, 0.15) is 90.2 Å². The molecule has 7 nitrogen and oxygen atoms in total. The summed E-state index contributed by atoms with van der Waals surface area (Å²) >= 11 is 0. The molecule has 4 rings (SSSR count). The van der Waals surface area contributed by atoms with Crippen LogP contribution < -0.4 is 9.47 Å². The van der Waals surface area contributed by atoms with Gasteiger partial charge in [0, 0.05) is 17.7 Å². The van der Waals surface area contributed by atoms with Gasteiger partial charge in [0.25, 0.3) is 0 Å². The summed E-state index contributed by atoms with van der Waals surface area (Å²) in [5, 5.41) is 22.3. The van der Waals surface area contributed by atoms with E-state index in [-0.39, 0.29) is 11.5 Å². The number of aromatic nitrogens is 3. The van der Waals surface area contributed by atoms with Crippen molar-refractivity contribution in [2.45, 2.75) is 92.9 Å². The molecule has 0 amide bonds. The molecule has 1 heterocycles. The molecule has 0 bridgehead atoms. The largest absolute Gasteiger partial charge is 0.507 e. The van der Waals surface area contributed by atoms with Crippen molar-refractivity contribution in [3.63, 3.8) is 0 Å². The number of phenols is 2. The molecule has 0 fully saturated rings. The lowest BCUT2D eigenvalue weighted by molar-refractivity contribution is 0.232. The van der Waals surface area contributed by atoms with Crippen molar-refractivity contribution < 1.29 is 19.7 Å². The number of nitrogens with zero attached hydrogens (tertiary/aromatic N) is 3. The highest BCUT2D eigenvalue weighted by Gasteiger charge is 2.19. The van der Waals surface area contributed by atoms with Crippen molar-refractivity contribution >= 4 is 0 Å².